The Labute approximate surface area is 70.8 Å². The van der Waals surface area contributed by atoms with Gasteiger partial charge in [0.15, 0.2) is 0 Å². The Morgan fingerprint density at radius 1 is 1.36 bits per heavy atom. The van der Waals surface area contributed by atoms with Gasteiger partial charge in [-0.3, -0.25) is 0 Å². The quantitative estimate of drug-likeness (QED) is 0.682. The summed E-state index contributed by atoms with van der Waals surface area (Å²) in [6.07, 6.45) is 1.61. The zero-order valence-electron chi connectivity index (χ0n) is 6.37. The number of hydrogen-bond donors (Lipinski definition) is 1. The lowest BCUT2D eigenvalue weighted by Crippen LogP contribution is -1.91. The average molecular weight is 171 g/mol. The first-order valence-electron chi connectivity index (χ1n) is 3.05. The zero-order chi connectivity index (χ0) is 8.27. The van der Waals surface area contributed by atoms with E-state index in [0.29, 0.717) is 16.5 Å². The van der Waals surface area contributed by atoms with E-state index in [-0.39, 0.29) is 0 Å². The van der Waals surface area contributed by atoms with E-state index in [1.54, 1.807) is 26.5 Å². The van der Waals surface area contributed by atoms with Gasteiger partial charge in [0.05, 0.1) is 14.2 Å². The SMILES string of the molecule is COc1ccnc(OC)c1S. The monoisotopic (exact) mass is 171 g/mol. The van der Waals surface area contributed by atoms with Crippen molar-refractivity contribution in [2.24, 2.45) is 0 Å². The minimum absolute atomic E-state index is 0.479. The third kappa shape index (κ3) is 1.57. The van der Waals surface area contributed by atoms with Crippen molar-refractivity contribution in [3.05, 3.63) is 12.3 Å². The summed E-state index contributed by atoms with van der Waals surface area (Å²) in [7, 11) is 3.12. The Morgan fingerprint density at radius 3 is 2.64 bits per heavy atom. The van der Waals surface area contributed by atoms with E-state index in [2.05, 4.69) is 17.6 Å². The van der Waals surface area contributed by atoms with Crippen LogP contribution in [0.4, 0.5) is 0 Å². The van der Waals surface area contributed by atoms with Crippen LogP contribution in [-0.4, -0.2) is 19.2 Å². The number of thiol groups is 1. The molecule has 0 unspecified atom stereocenters. The lowest BCUT2D eigenvalue weighted by Gasteiger charge is -2.05. The molecule has 0 spiro atoms. The van der Waals surface area contributed by atoms with Crippen LogP contribution in [0.5, 0.6) is 11.6 Å². The number of hydrogen-bond acceptors (Lipinski definition) is 4. The van der Waals surface area contributed by atoms with E-state index in [4.69, 9.17) is 9.47 Å². The van der Waals surface area contributed by atoms with Gasteiger partial charge >= 0.3 is 0 Å². The summed E-state index contributed by atoms with van der Waals surface area (Å²) in [6.45, 7) is 0. The minimum Gasteiger partial charge on any atom is -0.495 e. The van der Waals surface area contributed by atoms with Crippen molar-refractivity contribution in [3.8, 4) is 11.6 Å². The van der Waals surface area contributed by atoms with Gasteiger partial charge in [-0.1, -0.05) is 0 Å². The van der Waals surface area contributed by atoms with Crippen molar-refractivity contribution >= 4 is 12.6 Å². The van der Waals surface area contributed by atoms with E-state index in [9.17, 15) is 0 Å². The molecule has 1 rings (SSSR count). The molecule has 0 N–H and O–H groups in total. The molecule has 0 amide bonds. The summed E-state index contributed by atoms with van der Waals surface area (Å²) in [4.78, 5) is 4.55. The fourth-order valence-electron chi connectivity index (χ4n) is 0.732. The van der Waals surface area contributed by atoms with Crippen LogP contribution in [-0.2, 0) is 0 Å². The molecule has 0 radical (unpaired) electrons. The summed E-state index contributed by atoms with van der Waals surface area (Å²) in [5.74, 6) is 1.15. The van der Waals surface area contributed by atoms with Crippen molar-refractivity contribution in [2.45, 2.75) is 4.90 Å². The Morgan fingerprint density at radius 2 is 2.09 bits per heavy atom. The van der Waals surface area contributed by atoms with Gasteiger partial charge in [-0.05, 0) is 6.07 Å². The summed E-state index contributed by atoms with van der Waals surface area (Å²) in [6, 6.07) is 1.73. The van der Waals surface area contributed by atoms with Crippen molar-refractivity contribution < 1.29 is 9.47 Å². The number of methoxy groups -OCH3 is 2. The van der Waals surface area contributed by atoms with E-state index in [0.717, 1.165) is 0 Å². The van der Waals surface area contributed by atoms with Crippen LogP contribution in [0.3, 0.4) is 0 Å². The van der Waals surface area contributed by atoms with Crippen molar-refractivity contribution in [1.29, 1.82) is 0 Å². The number of rotatable bonds is 2. The Hall–Kier alpha value is -0.900. The largest absolute Gasteiger partial charge is 0.495 e. The smallest absolute Gasteiger partial charge is 0.230 e. The fraction of sp³-hybridized carbons (Fsp3) is 0.286. The Bertz CT molecular complexity index is 230. The van der Waals surface area contributed by atoms with Gasteiger partial charge in [0, 0.05) is 6.20 Å². The number of pyridine rings is 1. The molecule has 3 nitrogen and oxygen atoms in total. The highest BCUT2D eigenvalue weighted by molar-refractivity contribution is 7.80. The second kappa shape index (κ2) is 3.48. The van der Waals surface area contributed by atoms with Gasteiger partial charge in [-0.2, -0.15) is 0 Å². The molecule has 0 saturated heterocycles. The first-order valence-corrected chi connectivity index (χ1v) is 3.50. The lowest BCUT2D eigenvalue weighted by atomic mass is 10.4. The third-order valence-electron chi connectivity index (χ3n) is 1.27. The second-order valence-electron chi connectivity index (χ2n) is 1.87. The fourth-order valence-corrected chi connectivity index (χ4v) is 1.05. The van der Waals surface area contributed by atoms with E-state index in [1.165, 1.54) is 0 Å². The van der Waals surface area contributed by atoms with Gasteiger partial charge in [0.1, 0.15) is 10.6 Å². The van der Waals surface area contributed by atoms with Gasteiger partial charge in [-0.25, -0.2) is 4.98 Å². The summed E-state index contributed by atoms with van der Waals surface area (Å²) < 4.78 is 9.91. The number of ether oxygens (including phenoxy) is 2. The van der Waals surface area contributed by atoms with Crippen LogP contribution in [0.25, 0.3) is 0 Å². The lowest BCUT2D eigenvalue weighted by molar-refractivity contribution is 0.364. The van der Waals surface area contributed by atoms with Gasteiger partial charge in [-0.15, -0.1) is 12.6 Å². The standard InChI is InChI=1S/C7H9NO2S/c1-9-5-3-4-8-7(10-2)6(5)11/h3-4,11H,1-2H3. The topological polar surface area (TPSA) is 31.4 Å². The van der Waals surface area contributed by atoms with Crippen LogP contribution in [0, 0.1) is 0 Å². The number of nitrogens with zero attached hydrogens (tertiary/aromatic N) is 1. The molecule has 11 heavy (non-hydrogen) atoms. The summed E-state index contributed by atoms with van der Waals surface area (Å²) in [5.41, 5.74) is 0. The molecule has 0 aromatic carbocycles. The van der Waals surface area contributed by atoms with E-state index < -0.39 is 0 Å². The summed E-state index contributed by atoms with van der Waals surface area (Å²) in [5, 5.41) is 0. The van der Waals surface area contributed by atoms with Crippen LogP contribution >= 0.6 is 12.6 Å². The predicted molar refractivity (Wildman–Crippen MR) is 44.6 cm³/mol. The van der Waals surface area contributed by atoms with E-state index in [1.807, 2.05) is 0 Å². The second-order valence-corrected chi connectivity index (χ2v) is 2.32. The molecule has 0 saturated carbocycles. The molecule has 0 aliphatic carbocycles. The first kappa shape index (κ1) is 8.20. The minimum atomic E-state index is 0.479. The van der Waals surface area contributed by atoms with Gasteiger partial charge < -0.3 is 9.47 Å². The maximum absolute atomic E-state index is 4.99. The highest BCUT2D eigenvalue weighted by Crippen LogP contribution is 2.28. The Kier molecular flexibility index (Phi) is 2.59. The van der Waals surface area contributed by atoms with Crippen LogP contribution in [0.2, 0.25) is 0 Å². The maximum atomic E-state index is 4.99. The Balaban J connectivity index is 3.10. The van der Waals surface area contributed by atoms with Crippen molar-refractivity contribution in [1.82, 2.24) is 4.98 Å². The molecular formula is C7H9NO2S. The molecule has 1 aromatic rings. The molecular weight excluding hydrogens is 162 g/mol. The molecule has 0 bridgehead atoms. The molecule has 0 aliphatic heterocycles. The highest BCUT2D eigenvalue weighted by atomic mass is 32.1. The van der Waals surface area contributed by atoms with Crippen LogP contribution < -0.4 is 9.47 Å². The predicted octanol–water partition coefficient (Wildman–Crippen LogP) is 1.39. The normalized spacial score (nSPS) is 9.36. The molecule has 4 heteroatoms. The van der Waals surface area contributed by atoms with Gasteiger partial charge in [0.25, 0.3) is 0 Å². The van der Waals surface area contributed by atoms with Gasteiger partial charge in [0.2, 0.25) is 5.88 Å². The summed E-state index contributed by atoms with van der Waals surface area (Å²) >= 11 is 4.16. The number of aromatic nitrogens is 1. The van der Waals surface area contributed by atoms with Crippen LogP contribution in [0.15, 0.2) is 17.2 Å². The first-order chi connectivity index (χ1) is 5.29. The van der Waals surface area contributed by atoms with E-state index >= 15 is 0 Å². The third-order valence-corrected chi connectivity index (χ3v) is 1.68. The van der Waals surface area contributed by atoms with Crippen molar-refractivity contribution in [2.75, 3.05) is 14.2 Å². The molecule has 0 fully saturated rings. The zero-order valence-corrected chi connectivity index (χ0v) is 7.26. The van der Waals surface area contributed by atoms with Crippen molar-refractivity contribution in [3.63, 3.8) is 0 Å². The molecule has 60 valence electrons. The molecule has 1 heterocycles. The molecule has 0 atom stereocenters. The maximum Gasteiger partial charge on any atom is 0.230 e. The molecule has 0 aliphatic rings. The highest BCUT2D eigenvalue weighted by Gasteiger charge is 2.04. The van der Waals surface area contributed by atoms with Crippen LogP contribution in [0.1, 0.15) is 0 Å². The molecule has 1 aromatic heterocycles. The average Bonchev–Trinajstić information content (AvgIpc) is 2.05.